The van der Waals surface area contributed by atoms with Crippen LogP contribution in [0, 0.1) is 0 Å². The van der Waals surface area contributed by atoms with Crippen LogP contribution in [0.4, 0.5) is 0 Å². The second-order valence-electron chi connectivity index (χ2n) is 13.2. The fraction of sp³-hybridized carbons (Fsp3) is 0.864. The maximum Gasteiger partial charge on any atom is 0.472 e. The molecule has 0 aromatic heterocycles. The third-order valence-electron chi connectivity index (χ3n) is 4.01. The standard InChI is InChI=1S/C22H54O8Si6/c1-21(2)22(24)25-18-16-20-36(28-33(9,10)11,29-34(12,13)14)30-35(19-15-17-23,26-31(3,4)5)27-32(6,7)8/h23H,1,15-20H2,2-14H3. The Hall–Kier alpha value is 0.271. The molecule has 0 radical (unpaired) electrons. The molecule has 0 fully saturated rings. The van der Waals surface area contributed by atoms with Crippen molar-refractivity contribution in [2.75, 3.05) is 13.2 Å². The van der Waals surface area contributed by atoms with Crippen LogP contribution in [0.2, 0.25) is 90.7 Å². The monoisotopic (exact) mass is 614 g/mol. The summed E-state index contributed by atoms with van der Waals surface area (Å²) in [6.07, 6.45) is 1.05. The van der Waals surface area contributed by atoms with Gasteiger partial charge in [-0.05, 0) is 98.3 Å². The quantitative estimate of drug-likeness (QED) is 0.0847. The van der Waals surface area contributed by atoms with Crippen molar-refractivity contribution in [2.24, 2.45) is 0 Å². The summed E-state index contributed by atoms with van der Waals surface area (Å²) in [6, 6.07) is 0.991. The molecule has 8 nitrogen and oxygen atoms in total. The van der Waals surface area contributed by atoms with Gasteiger partial charge in [-0.1, -0.05) is 6.58 Å². The lowest BCUT2D eigenvalue weighted by Crippen LogP contribution is -2.67. The Morgan fingerprint density at radius 2 is 0.972 bits per heavy atom. The maximum atomic E-state index is 11.9. The van der Waals surface area contributed by atoms with Gasteiger partial charge in [0.2, 0.25) is 0 Å². The number of hydrogen-bond donors (Lipinski definition) is 1. The molecule has 0 heterocycles. The van der Waals surface area contributed by atoms with E-state index < -0.39 is 56.8 Å². The molecule has 0 spiro atoms. The minimum Gasteiger partial charge on any atom is -0.462 e. The summed E-state index contributed by atoms with van der Waals surface area (Å²) in [5.41, 5.74) is 0.369. The van der Waals surface area contributed by atoms with E-state index >= 15 is 0 Å². The largest absolute Gasteiger partial charge is 0.472 e. The number of esters is 1. The number of rotatable bonds is 18. The summed E-state index contributed by atoms with van der Waals surface area (Å²) in [4.78, 5) is 11.9. The molecular formula is C22H54O8Si6. The van der Waals surface area contributed by atoms with E-state index in [4.69, 9.17) is 25.3 Å². The number of hydrogen-bond acceptors (Lipinski definition) is 8. The number of carbonyl (C=O) groups excluding carboxylic acids is 1. The third-order valence-corrected chi connectivity index (χ3v) is 23.2. The summed E-state index contributed by atoms with van der Waals surface area (Å²) in [7, 11) is -15.2. The molecule has 0 amide bonds. The molecule has 0 aliphatic heterocycles. The van der Waals surface area contributed by atoms with E-state index in [0.29, 0.717) is 30.5 Å². The molecule has 1 N–H and O–H groups in total. The van der Waals surface area contributed by atoms with Gasteiger partial charge in [0.15, 0.2) is 33.3 Å². The van der Waals surface area contributed by atoms with Crippen molar-refractivity contribution >= 4 is 56.8 Å². The molecule has 0 saturated heterocycles. The summed E-state index contributed by atoms with van der Waals surface area (Å²) in [5.74, 6) is -0.406. The second-order valence-corrected chi connectivity index (χ2v) is 37.9. The zero-order chi connectivity index (χ0) is 28.6. The van der Waals surface area contributed by atoms with Crippen LogP contribution in [0.1, 0.15) is 19.8 Å². The Bertz CT molecular complexity index is 675. The highest BCUT2D eigenvalue weighted by molar-refractivity contribution is 6.92. The molecule has 0 aliphatic rings. The van der Waals surface area contributed by atoms with Gasteiger partial charge in [0.05, 0.1) is 6.61 Å². The van der Waals surface area contributed by atoms with Gasteiger partial charge in [-0.15, -0.1) is 0 Å². The van der Waals surface area contributed by atoms with Crippen LogP contribution in [0.5, 0.6) is 0 Å². The third kappa shape index (κ3) is 17.0. The first-order chi connectivity index (χ1) is 15.9. The SMILES string of the molecule is C=C(C)C(=O)OCCC[Si](O[Si](C)(C)C)(O[Si](C)(C)C)O[Si](CCCO)(O[Si](C)(C)C)O[Si](C)(C)C. The lowest BCUT2D eigenvalue weighted by Gasteiger charge is -2.47. The van der Waals surface area contributed by atoms with Crippen molar-refractivity contribution in [3.05, 3.63) is 12.2 Å². The van der Waals surface area contributed by atoms with E-state index in [2.05, 4.69) is 85.1 Å². The van der Waals surface area contributed by atoms with Crippen molar-refractivity contribution in [1.29, 1.82) is 0 Å². The topological polar surface area (TPSA) is 92.7 Å². The van der Waals surface area contributed by atoms with Crippen LogP contribution in [0.3, 0.4) is 0 Å². The molecular weight excluding hydrogens is 561 g/mol. The van der Waals surface area contributed by atoms with Crippen LogP contribution < -0.4 is 0 Å². The average Bonchev–Trinajstić information content (AvgIpc) is 2.57. The van der Waals surface area contributed by atoms with Crippen molar-refractivity contribution in [1.82, 2.24) is 0 Å². The van der Waals surface area contributed by atoms with Crippen LogP contribution in [0.25, 0.3) is 0 Å². The van der Waals surface area contributed by atoms with E-state index in [1.54, 1.807) is 6.92 Å². The minimum atomic E-state index is -3.37. The maximum absolute atomic E-state index is 11.9. The number of aliphatic hydroxyl groups excluding tert-OH is 1. The van der Waals surface area contributed by atoms with Crippen LogP contribution in [0.15, 0.2) is 12.2 Å². The molecule has 0 rings (SSSR count). The molecule has 214 valence electrons. The predicted octanol–water partition coefficient (Wildman–Crippen LogP) is 6.18. The molecule has 0 aromatic rings. The van der Waals surface area contributed by atoms with Gasteiger partial charge in [0.25, 0.3) is 0 Å². The fourth-order valence-electron chi connectivity index (χ4n) is 3.41. The first-order valence-corrected chi connectivity index (χ1v) is 30.4. The summed E-state index contributed by atoms with van der Waals surface area (Å²) >= 11 is 0. The Labute approximate surface area is 227 Å². The van der Waals surface area contributed by atoms with Gasteiger partial charge in [-0.3, -0.25) is 0 Å². The number of aliphatic hydroxyl groups is 1. The molecule has 36 heavy (non-hydrogen) atoms. The van der Waals surface area contributed by atoms with Crippen LogP contribution in [-0.2, 0) is 30.1 Å². The molecule has 14 heteroatoms. The summed E-state index contributed by atoms with van der Waals surface area (Å²) in [6.45, 7) is 31.1. The Morgan fingerprint density at radius 3 is 1.25 bits per heavy atom. The van der Waals surface area contributed by atoms with Gasteiger partial charge in [-0.25, -0.2) is 4.79 Å². The predicted molar refractivity (Wildman–Crippen MR) is 162 cm³/mol. The fourth-order valence-corrected chi connectivity index (χ4v) is 27.1. The molecule has 0 aliphatic carbocycles. The van der Waals surface area contributed by atoms with Gasteiger partial charge in [0, 0.05) is 24.3 Å². The lowest BCUT2D eigenvalue weighted by molar-refractivity contribution is -0.139. The van der Waals surface area contributed by atoms with Crippen molar-refractivity contribution < 1.29 is 35.2 Å². The molecule has 0 aromatic carbocycles. The van der Waals surface area contributed by atoms with Crippen LogP contribution >= 0.6 is 0 Å². The van der Waals surface area contributed by atoms with E-state index in [-0.39, 0.29) is 13.2 Å². The normalized spacial score (nSPS) is 14.2. The zero-order valence-corrected chi connectivity index (χ0v) is 31.3. The van der Waals surface area contributed by atoms with Gasteiger partial charge >= 0.3 is 23.6 Å². The minimum absolute atomic E-state index is 0.0252. The summed E-state index contributed by atoms with van der Waals surface area (Å²) < 4.78 is 39.9. The Balaban J connectivity index is 6.61. The van der Waals surface area contributed by atoms with Crippen molar-refractivity contribution in [3.8, 4) is 0 Å². The van der Waals surface area contributed by atoms with Crippen molar-refractivity contribution in [3.63, 3.8) is 0 Å². The van der Waals surface area contributed by atoms with E-state index in [1.165, 1.54) is 0 Å². The highest BCUT2D eigenvalue weighted by Gasteiger charge is 2.58. The first kappa shape index (κ1) is 36.3. The van der Waals surface area contributed by atoms with Crippen LogP contribution in [-0.4, -0.2) is 75.2 Å². The highest BCUT2D eigenvalue weighted by Crippen LogP contribution is 2.35. The summed E-state index contributed by atoms with van der Waals surface area (Å²) in [5, 5.41) is 9.75. The van der Waals surface area contributed by atoms with Gasteiger partial charge in [-0.2, -0.15) is 0 Å². The van der Waals surface area contributed by atoms with Crippen molar-refractivity contribution in [2.45, 2.75) is 110 Å². The average molecular weight is 615 g/mol. The lowest BCUT2D eigenvalue weighted by atomic mass is 10.4. The molecule has 0 atom stereocenters. The van der Waals surface area contributed by atoms with E-state index in [1.807, 2.05) is 0 Å². The molecule has 0 saturated carbocycles. The number of carbonyl (C=O) groups is 1. The smallest absolute Gasteiger partial charge is 0.462 e. The second kappa shape index (κ2) is 14.1. The Kier molecular flexibility index (Phi) is 14.2. The zero-order valence-electron chi connectivity index (χ0n) is 25.3. The number of ether oxygens (including phenoxy) is 1. The molecule has 0 bridgehead atoms. The highest BCUT2D eigenvalue weighted by atomic mass is 28.5. The van der Waals surface area contributed by atoms with E-state index in [0.717, 1.165) is 0 Å². The Morgan fingerprint density at radius 1 is 0.639 bits per heavy atom. The first-order valence-electron chi connectivity index (χ1n) is 12.9. The van der Waals surface area contributed by atoms with Gasteiger partial charge in [0.1, 0.15) is 0 Å². The van der Waals surface area contributed by atoms with Gasteiger partial charge < -0.3 is 30.4 Å². The van der Waals surface area contributed by atoms with E-state index in [9.17, 15) is 9.90 Å². The molecule has 0 unspecified atom stereocenters.